The summed E-state index contributed by atoms with van der Waals surface area (Å²) in [5.41, 5.74) is -0.489. The zero-order valence-corrected chi connectivity index (χ0v) is 18.0. The average Bonchev–Trinajstić information content (AvgIpc) is 2.41. The Kier molecular flexibility index (Phi) is 6.82. The molecule has 0 saturated carbocycles. The first-order valence-corrected chi connectivity index (χ1v) is 11.6. The van der Waals surface area contributed by atoms with E-state index < -0.39 is 31.3 Å². The molecule has 1 aromatic rings. The van der Waals surface area contributed by atoms with E-state index in [0.29, 0.717) is 0 Å². The zero-order valence-electron chi connectivity index (χ0n) is 14.8. The van der Waals surface area contributed by atoms with Crippen LogP contribution in [0.3, 0.4) is 0 Å². The first kappa shape index (κ1) is 22.1. The van der Waals surface area contributed by atoms with Crippen LogP contribution in [-0.4, -0.2) is 51.9 Å². The molecule has 0 saturated heterocycles. The lowest BCUT2D eigenvalue weighted by Crippen LogP contribution is -2.47. The number of hydrogen-bond donors (Lipinski definition) is 1. The molecule has 0 aromatic heterocycles. The number of carbonyl (C=O) groups is 1. The number of sulfone groups is 1. The highest BCUT2D eigenvalue weighted by molar-refractivity contribution is 9.10. The molecule has 1 N–H and O–H groups in total. The standard InChI is InChI=1S/C15H23BrN2O5S2/c1-6-18(10-14(19)17-15(2,3)4)25(22,23)13-9-11(24(5,20)21)7-8-12(13)16/h7-9H,6,10H2,1-5H3,(H,17,19). The molecule has 1 amide bonds. The van der Waals surface area contributed by atoms with Gasteiger partial charge < -0.3 is 5.32 Å². The molecule has 0 fully saturated rings. The Labute approximate surface area is 157 Å². The van der Waals surface area contributed by atoms with Crippen molar-refractivity contribution in [1.82, 2.24) is 9.62 Å². The number of carbonyl (C=O) groups excluding carboxylic acids is 1. The number of hydrogen-bond acceptors (Lipinski definition) is 5. The smallest absolute Gasteiger partial charge is 0.244 e. The van der Waals surface area contributed by atoms with Gasteiger partial charge in [-0.1, -0.05) is 6.92 Å². The number of likely N-dealkylation sites (N-methyl/N-ethyl adjacent to an activating group) is 1. The largest absolute Gasteiger partial charge is 0.350 e. The highest BCUT2D eigenvalue weighted by Crippen LogP contribution is 2.28. The third-order valence-electron chi connectivity index (χ3n) is 3.14. The molecule has 0 radical (unpaired) electrons. The molecule has 0 heterocycles. The van der Waals surface area contributed by atoms with Crippen LogP contribution in [0.2, 0.25) is 0 Å². The van der Waals surface area contributed by atoms with Crippen molar-refractivity contribution < 1.29 is 21.6 Å². The monoisotopic (exact) mass is 454 g/mol. The van der Waals surface area contributed by atoms with Crippen LogP contribution in [0.1, 0.15) is 27.7 Å². The summed E-state index contributed by atoms with van der Waals surface area (Å²) < 4.78 is 50.4. The number of nitrogens with one attached hydrogen (secondary N) is 1. The fourth-order valence-corrected chi connectivity index (χ4v) is 5.11. The van der Waals surface area contributed by atoms with Crippen molar-refractivity contribution in [2.75, 3.05) is 19.3 Å². The van der Waals surface area contributed by atoms with Crippen molar-refractivity contribution in [3.05, 3.63) is 22.7 Å². The van der Waals surface area contributed by atoms with E-state index in [2.05, 4.69) is 21.2 Å². The zero-order chi connectivity index (χ0) is 19.6. The molecular weight excluding hydrogens is 432 g/mol. The van der Waals surface area contributed by atoms with Gasteiger partial charge in [0.25, 0.3) is 0 Å². The Balaban J connectivity index is 3.27. The second-order valence-electron chi connectivity index (χ2n) is 6.59. The maximum atomic E-state index is 12.9. The SMILES string of the molecule is CCN(CC(=O)NC(C)(C)C)S(=O)(=O)c1cc(S(C)(=O)=O)ccc1Br. The van der Waals surface area contributed by atoms with Crippen molar-refractivity contribution in [3.8, 4) is 0 Å². The first-order chi connectivity index (χ1) is 11.2. The normalized spacial score (nSPS) is 13.1. The van der Waals surface area contributed by atoms with Gasteiger partial charge in [0.15, 0.2) is 9.84 Å². The summed E-state index contributed by atoms with van der Waals surface area (Å²) in [6, 6.07) is 3.78. The van der Waals surface area contributed by atoms with E-state index in [0.717, 1.165) is 16.6 Å². The van der Waals surface area contributed by atoms with Crippen LogP contribution in [0.4, 0.5) is 0 Å². The van der Waals surface area contributed by atoms with Crippen molar-refractivity contribution in [3.63, 3.8) is 0 Å². The van der Waals surface area contributed by atoms with Gasteiger partial charge in [0, 0.05) is 22.8 Å². The fourth-order valence-electron chi connectivity index (χ4n) is 2.04. The van der Waals surface area contributed by atoms with Gasteiger partial charge in [0.2, 0.25) is 15.9 Å². The van der Waals surface area contributed by atoms with Crippen LogP contribution >= 0.6 is 15.9 Å². The predicted molar refractivity (Wildman–Crippen MR) is 99.6 cm³/mol. The topological polar surface area (TPSA) is 101 Å². The van der Waals surface area contributed by atoms with Crippen molar-refractivity contribution in [2.24, 2.45) is 0 Å². The molecule has 10 heteroatoms. The van der Waals surface area contributed by atoms with E-state index >= 15 is 0 Å². The summed E-state index contributed by atoms with van der Waals surface area (Å²) in [5.74, 6) is -0.437. The van der Waals surface area contributed by atoms with Crippen LogP contribution in [0.5, 0.6) is 0 Å². The summed E-state index contributed by atoms with van der Waals surface area (Å²) in [6.07, 6.45) is 1.00. The Morgan fingerprint density at radius 2 is 1.76 bits per heavy atom. The van der Waals surface area contributed by atoms with Gasteiger partial charge in [-0.15, -0.1) is 0 Å². The third kappa shape index (κ3) is 6.05. The van der Waals surface area contributed by atoms with Crippen LogP contribution in [0, 0.1) is 0 Å². The van der Waals surface area contributed by atoms with Gasteiger partial charge >= 0.3 is 0 Å². The minimum absolute atomic E-state index is 0.0649. The lowest BCUT2D eigenvalue weighted by molar-refractivity contribution is -0.122. The van der Waals surface area contributed by atoms with Gasteiger partial charge in [0.05, 0.1) is 16.3 Å². The quantitative estimate of drug-likeness (QED) is 0.705. The fraction of sp³-hybridized carbons (Fsp3) is 0.533. The Morgan fingerprint density at radius 3 is 2.20 bits per heavy atom. The second-order valence-corrected chi connectivity index (χ2v) is 11.4. The average molecular weight is 455 g/mol. The molecule has 0 bridgehead atoms. The van der Waals surface area contributed by atoms with Crippen LogP contribution < -0.4 is 5.32 Å². The number of benzene rings is 1. The van der Waals surface area contributed by atoms with Crippen LogP contribution in [0.15, 0.2) is 32.5 Å². The Bertz CT molecular complexity index is 858. The molecule has 7 nitrogen and oxygen atoms in total. The molecule has 25 heavy (non-hydrogen) atoms. The van der Waals surface area contributed by atoms with Gasteiger partial charge in [-0.25, -0.2) is 16.8 Å². The van der Waals surface area contributed by atoms with Crippen molar-refractivity contribution in [1.29, 1.82) is 0 Å². The highest BCUT2D eigenvalue weighted by Gasteiger charge is 2.29. The maximum Gasteiger partial charge on any atom is 0.244 e. The summed E-state index contributed by atoms with van der Waals surface area (Å²) in [6.45, 7) is 6.70. The van der Waals surface area contributed by atoms with E-state index in [9.17, 15) is 21.6 Å². The van der Waals surface area contributed by atoms with Crippen molar-refractivity contribution >= 4 is 41.7 Å². The molecule has 142 valence electrons. The van der Waals surface area contributed by atoms with E-state index in [1.165, 1.54) is 12.1 Å². The number of nitrogens with zero attached hydrogens (tertiary/aromatic N) is 1. The lowest BCUT2D eigenvalue weighted by atomic mass is 10.1. The van der Waals surface area contributed by atoms with Gasteiger partial charge in [-0.05, 0) is 54.9 Å². The van der Waals surface area contributed by atoms with Crippen LogP contribution in [-0.2, 0) is 24.7 Å². The summed E-state index contributed by atoms with van der Waals surface area (Å²) >= 11 is 3.14. The molecule has 1 rings (SSSR count). The van der Waals surface area contributed by atoms with Gasteiger partial charge in [-0.3, -0.25) is 4.79 Å². The summed E-state index contributed by atoms with van der Waals surface area (Å²) in [4.78, 5) is 11.8. The van der Waals surface area contributed by atoms with E-state index in [1.807, 2.05) is 0 Å². The van der Waals surface area contributed by atoms with Gasteiger partial charge in [0.1, 0.15) is 0 Å². The Hall–Kier alpha value is -0.970. The first-order valence-electron chi connectivity index (χ1n) is 7.49. The highest BCUT2D eigenvalue weighted by atomic mass is 79.9. The number of amides is 1. The minimum Gasteiger partial charge on any atom is -0.350 e. The molecule has 0 aliphatic rings. The molecule has 1 aromatic carbocycles. The molecular formula is C15H23BrN2O5S2. The molecule has 0 unspecified atom stereocenters. The summed E-state index contributed by atoms with van der Waals surface area (Å²) in [5, 5.41) is 2.71. The second kappa shape index (κ2) is 7.73. The third-order valence-corrected chi connectivity index (χ3v) is 7.16. The predicted octanol–water partition coefficient (Wildman–Crippen LogP) is 1.78. The summed E-state index contributed by atoms with van der Waals surface area (Å²) in [7, 11) is -7.62. The van der Waals surface area contributed by atoms with E-state index in [4.69, 9.17) is 0 Å². The number of sulfonamides is 1. The molecule has 0 spiro atoms. The Morgan fingerprint density at radius 1 is 1.20 bits per heavy atom. The number of rotatable bonds is 6. The van der Waals surface area contributed by atoms with Crippen molar-refractivity contribution in [2.45, 2.75) is 43.0 Å². The van der Waals surface area contributed by atoms with E-state index in [1.54, 1.807) is 27.7 Å². The lowest BCUT2D eigenvalue weighted by Gasteiger charge is -2.25. The minimum atomic E-state index is -4.05. The molecule has 0 atom stereocenters. The molecule has 0 aliphatic heterocycles. The van der Waals surface area contributed by atoms with Crippen LogP contribution in [0.25, 0.3) is 0 Å². The maximum absolute atomic E-state index is 12.9. The van der Waals surface area contributed by atoms with E-state index in [-0.39, 0.29) is 27.4 Å². The molecule has 0 aliphatic carbocycles. The van der Waals surface area contributed by atoms with Gasteiger partial charge in [-0.2, -0.15) is 4.31 Å². The number of halogens is 1.